The van der Waals surface area contributed by atoms with Gasteiger partial charge in [0.15, 0.2) is 0 Å². The van der Waals surface area contributed by atoms with Crippen molar-refractivity contribution < 1.29 is 22.7 Å². The molecule has 9 heteroatoms. The maximum Gasteiger partial charge on any atom is 0.240 e. The molecule has 0 saturated heterocycles. The third-order valence-corrected chi connectivity index (χ3v) is 6.30. The van der Waals surface area contributed by atoms with Crippen LogP contribution >= 0.6 is 11.6 Å². The van der Waals surface area contributed by atoms with Crippen LogP contribution in [-0.4, -0.2) is 47.4 Å². The molecule has 0 aliphatic heterocycles. The predicted molar refractivity (Wildman–Crippen MR) is 111 cm³/mol. The van der Waals surface area contributed by atoms with Gasteiger partial charge in [-0.1, -0.05) is 43.7 Å². The lowest BCUT2D eigenvalue weighted by molar-refractivity contribution is -0.120. The van der Waals surface area contributed by atoms with Gasteiger partial charge in [-0.3, -0.25) is 9.10 Å². The minimum absolute atomic E-state index is 0.0795. The number of ether oxygens (including phenoxy) is 2. The van der Waals surface area contributed by atoms with E-state index >= 15 is 0 Å². The van der Waals surface area contributed by atoms with Crippen molar-refractivity contribution in [2.75, 3.05) is 31.3 Å². The molecule has 1 fully saturated rings. The average molecular weight is 433 g/mol. The Morgan fingerprint density at radius 1 is 1.11 bits per heavy atom. The van der Waals surface area contributed by atoms with Crippen LogP contribution in [-0.2, 0) is 14.8 Å². The summed E-state index contributed by atoms with van der Waals surface area (Å²) in [6.07, 6.45) is 8.61. The molecule has 28 heavy (non-hydrogen) atoms. The van der Waals surface area contributed by atoms with Gasteiger partial charge in [-0.05, 0) is 12.8 Å². The Morgan fingerprint density at radius 2 is 1.68 bits per heavy atom. The summed E-state index contributed by atoms with van der Waals surface area (Å²) in [4.78, 5) is 12.6. The summed E-state index contributed by atoms with van der Waals surface area (Å²) in [6, 6.07) is 3.02. The summed E-state index contributed by atoms with van der Waals surface area (Å²) in [6.45, 7) is -0.337. The molecule has 0 spiro atoms. The number of hydrogen-bond acceptors (Lipinski definition) is 5. The largest absolute Gasteiger partial charge is 0.495 e. The standard InChI is InChI=1S/C19H29ClN2O5S/c1-26-17-12-16(18(27-2)11-15(17)20)22(28(3,24)25)13-19(23)21-14-9-7-5-4-6-8-10-14/h11-12,14H,4-10,13H2,1-3H3,(H,21,23). The topological polar surface area (TPSA) is 84.9 Å². The van der Waals surface area contributed by atoms with Gasteiger partial charge in [0.25, 0.3) is 0 Å². The first kappa shape index (κ1) is 22.6. The molecule has 1 aromatic carbocycles. The molecule has 1 amide bonds. The Balaban J connectivity index is 2.24. The smallest absolute Gasteiger partial charge is 0.240 e. The Bertz CT molecular complexity index is 777. The van der Waals surface area contributed by atoms with E-state index in [0.717, 1.165) is 36.2 Å². The van der Waals surface area contributed by atoms with Crippen LogP contribution in [0.1, 0.15) is 44.9 Å². The first-order chi connectivity index (χ1) is 13.3. The molecule has 0 unspecified atom stereocenters. The highest BCUT2D eigenvalue weighted by Gasteiger charge is 2.26. The van der Waals surface area contributed by atoms with E-state index in [9.17, 15) is 13.2 Å². The molecule has 0 radical (unpaired) electrons. The van der Waals surface area contributed by atoms with E-state index in [1.54, 1.807) is 0 Å². The van der Waals surface area contributed by atoms with Crippen molar-refractivity contribution in [3.05, 3.63) is 17.2 Å². The second-order valence-corrected chi connectivity index (χ2v) is 9.35. The van der Waals surface area contributed by atoms with E-state index in [-0.39, 0.29) is 35.0 Å². The molecule has 1 aliphatic carbocycles. The quantitative estimate of drug-likeness (QED) is 0.714. The minimum atomic E-state index is -3.74. The molecule has 1 N–H and O–H groups in total. The zero-order chi connectivity index (χ0) is 20.7. The van der Waals surface area contributed by atoms with E-state index in [2.05, 4.69) is 5.32 Å². The maximum absolute atomic E-state index is 12.6. The Labute approximate surface area is 172 Å². The molecule has 1 aliphatic rings. The van der Waals surface area contributed by atoms with Gasteiger partial charge in [-0.15, -0.1) is 0 Å². The van der Waals surface area contributed by atoms with Crippen molar-refractivity contribution in [1.29, 1.82) is 0 Å². The highest BCUT2D eigenvalue weighted by Crippen LogP contribution is 2.38. The van der Waals surface area contributed by atoms with Gasteiger partial charge in [0.05, 0.1) is 31.2 Å². The molecule has 0 bridgehead atoms. The summed E-state index contributed by atoms with van der Waals surface area (Å²) in [7, 11) is -0.896. The number of halogens is 1. The first-order valence-electron chi connectivity index (χ1n) is 9.45. The van der Waals surface area contributed by atoms with E-state index in [0.29, 0.717) is 5.75 Å². The normalized spacial score (nSPS) is 16.0. The third-order valence-electron chi connectivity index (χ3n) is 4.88. The number of carbonyl (C=O) groups excluding carboxylic acids is 1. The van der Waals surface area contributed by atoms with Crippen LogP contribution < -0.4 is 19.1 Å². The van der Waals surface area contributed by atoms with Gasteiger partial charge in [0.2, 0.25) is 15.9 Å². The second-order valence-electron chi connectivity index (χ2n) is 7.04. The lowest BCUT2D eigenvalue weighted by atomic mass is 9.97. The Morgan fingerprint density at radius 3 is 2.21 bits per heavy atom. The van der Waals surface area contributed by atoms with Gasteiger partial charge >= 0.3 is 0 Å². The lowest BCUT2D eigenvalue weighted by Crippen LogP contribution is -2.44. The molecule has 1 aromatic rings. The van der Waals surface area contributed by atoms with Crippen LogP contribution in [0.15, 0.2) is 12.1 Å². The summed E-state index contributed by atoms with van der Waals surface area (Å²) < 4.78 is 36.4. The van der Waals surface area contributed by atoms with Gasteiger partial charge < -0.3 is 14.8 Å². The molecule has 0 heterocycles. The first-order valence-corrected chi connectivity index (χ1v) is 11.7. The van der Waals surface area contributed by atoms with Crippen LogP contribution in [0.3, 0.4) is 0 Å². The Kier molecular flexibility index (Phi) is 8.24. The zero-order valence-electron chi connectivity index (χ0n) is 16.7. The van der Waals surface area contributed by atoms with Crippen molar-refractivity contribution in [2.24, 2.45) is 0 Å². The number of hydrogen-bond donors (Lipinski definition) is 1. The minimum Gasteiger partial charge on any atom is -0.495 e. The molecule has 2 rings (SSSR count). The van der Waals surface area contributed by atoms with Crippen LogP contribution in [0.4, 0.5) is 5.69 Å². The Hall–Kier alpha value is -1.67. The zero-order valence-corrected chi connectivity index (χ0v) is 18.2. The average Bonchev–Trinajstić information content (AvgIpc) is 2.61. The number of rotatable bonds is 7. The summed E-state index contributed by atoms with van der Waals surface area (Å²) in [5.74, 6) is 0.202. The van der Waals surface area contributed by atoms with Crippen LogP contribution in [0.2, 0.25) is 5.02 Å². The SMILES string of the molecule is COc1cc(N(CC(=O)NC2CCCCCCC2)S(C)(=O)=O)c(OC)cc1Cl. The number of sulfonamides is 1. The molecule has 1 saturated carbocycles. The number of carbonyl (C=O) groups is 1. The number of nitrogens with zero attached hydrogens (tertiary/aromatic N) is 1. The lowest BCUT2D eigenvalue weighted by Gasteiger charge is -2.26. The van der Waals surface area contributed by atoms with E-state index in [1.165, 1.54) is 45.6 Å². The maximum atomic E-state index is 12.6. The van der Waals surface area contributed by atoms with Crippen molar-refractivity contribution in [3.8, 4) is 11.5 Å². The molecular weight excluding hydrogens is 404 g/mol. The van der Waals surface area contributed by atoms with Gasteiger partial charge in [0.1, 0.15) is 18.0 Å². The van der Waals surface area contributed by atoms with Crippen LogP contribution in [0, 0.1) is 0 Å². The van der Waals surface area contributed by atoms with Crippen molar-refractivity contribution in [1.82, 2.24) is 5.32 Å². The van der Waals surface area contributed by atoms with E-state index < -0.39 is 10.0 Å². The monoisotopic (exact) mass is 432 g/mol. The number of amides is 1. The molecule has 158 valence electrons. The van der Waals surface area contributed by atoms with Gasteiger partial charge in [-0.2, -0.15) is 0 Å². The molecule has 0 atom stereocenters. The van der Waals surface area contributed by atoms with Crippen molar-refractivity contribution in [3.63, 3.8) is 0 Å². The fourth-order valence-corrected chi connectivity index (χ4v) is 4.51. The van der Waals surface area contributed by atoms with Gasteiger partial charge in [0, 0.05) is 18.2 Å². The summed E-state index contributed by atoms with van der Waals surface area (Å²) >= 11 is 6.11. The second kappa shape index (κ2) is 10.2. The van der Waals surface area contributed by atoms with E-state index in [4.69, 9.17) is 21.1 Å². The highest BCUT2D eigenvalue weighted by molar-refractivity contribution is 7.92. The van der Waals surface area contributed by atoms with Crippen molar-refractivity contribution in [2.45, 2.75) is 51.0 Å². The number of methoxy groups -OCH3 is 2. The molecular formula is C19H29ClN2O5S. The third kappa shape index (κ3) is 6.17. The fourth-order valence-electron chi connectivity index (χ4n) is 3.42. The fraction of sp³-hybridized carbons (Fsp3) is 0.632. The number of benzene rings is 1. The molecule has 0 aromatic heterocycles. The van der Waals surface area contributed by atoms with Gasteiger partial charge in [-0.25, -0.2) is 8.42 Å². The number of anilines is 1. The van der Waals surface area contributed by atoms with Crippen LogP contribution in [0.5, 0.6) is 11.5 Å². The van der Waals surface area contributed by atoms with E-state index in [1.807, 2.05) is 0 Å². The number of nitrogens with one attached hydrogen (secondary N) is 1. The highest BCUT2D eigenvalue weighted by atomic mass is 35.5. The van der Waals surface area contributed by atoms with Crippen molar-refractivity contribution >= 4 is 33.2 Å². The summed E-state index contributed by atoms with van der Waals surface area (Å²) in [5.41, 5.74) is 0.207. The summed E-state index contributed by atoms with van der Waals surface area (Å²) in [5, 5.41) is 3.28. The van der Waals surface area contributed by atoms with Crippen LogP contribution in [0.25, 0.3) is 0 Å². The predicted octanol–water partition coefficient (Wildman–Crippen LogP) is 3.35. The molecule has 7 nitrogen and oxygen atoms in total.